The van der Waals surface area contributed by atoms with Gasteiger partial charge in [0.05, 0.1) is 0 Å². The summed E-state index contributed by atoms with van der Waals surface area (Å²) in [5, 5.41) is 11.7. The van der Waals surface area contributed by atoms with E-state index >= 15 is 0 Å². The molecule has 2 saturated carbocycles. The predicted molar refractivity (Wildman–Crippen MR) is 64.6 cm³/mol. The zero-order valence-corrected chi connectivity index (χ0v) is 10.2. The molecule has 2 rings (SSSR count). The Balaban J connectivity index is 1.86. The van der Waals surface area contributed by atoms with E-state index in [1.165, 1.54) is 38.6 Å². The fourth-order valence-electron chi connectivity index (χ4n) is 2.54. The van der Waals surface area contributed by atoms with Crippen LogP contribution in [0.5, 0.6) is 0 Å². The van der Waals surface area contributed by atoms with Crippen molar-refractivity contribution in [1.29, 1.82) is 0 Å². The van der Waals surface area contributed by atoms with Crippen molar-refractivity contribution in [3.63, 3.8) is 0 Å². The zero-order valence-electron chi connectivity index (χ0n) is 10.2. The highest BCUT2D eigenvalue weighted by molar-refractivity contribution is 5.80. The van der Waals surface area contributed by atoms with Gasteiger partial charge < -0.3 is 10.9 Å². The molecule has 16 heavy (non-hydrogen) atoms. The quantitative estimate of drug-likeness (QED) is 0.300. The van der Waals surface area contributed by atoms with E-state index in [4.69, 9.17) is 10.9 Å². The summed E-state index contributed by atoms with van der Waals surface area (Å²) in [4.78, 5) is 2.61. The summed E-state index contributed by atoms with van der Waals surface area (Å²) in [6.45, 7) is 4.57. The second-order valence-corrected chi connectivity index (χ2v) is 5.47. The Labute approximate surface area is 97.5 Å². The smallest absolute Gasteiger partial charge is 0.139 e. The minimum Gasteiger partial charge on any atom is -0.409 e. The van der Waals surface area contributed by atoms with Crippen molar-refractivity contribution in [3.05, 3.63) is 0 Å². The van der Waals surface area contributed by atoms with Crippen molar-refractivity contribution in [2.75, 3.05) is 13.1 Å². The van der Waals surface area contributed by atoms with Gasteiger partial charge in [-0.1, -0.05) is 12.1 Å². The third-order valence-electron chi connectivity index (χ3n) is 3.75. The van der Waals surface area contributed by atoms with Crippen molar-refractivity contribution >= 4 is 5.84 Å². The molecule has 0 aliphatic heterocycles. The SMILES string of the molecule is CCCN(CC1(CC(N)=NO)CC1)C1CC1. The van der Waals surface area contributed by atoms with Gasteiger partial charge in [0.25, 0.3) is 0 Å². The summed E-state index contributed by atoms with van der Waals surface area (Å²) >= 11 is 0. The van der Waals surface area contributed by atoms with Gasteiger partial charge in [-0.25, -0.2) is 0 Å². The number of oxime groups is 1. The average molecular weight is 225 g/mol. The van der Waals surface area contributed by atoms with Gasteiger partial charge in [-0.05, 0) is 44.1 Å². The standard InChI is InChI=1S/C12H23N3O/c1-2-7-15(10-3-4-10)9-12(5-6-12)8-11(13)14-16/h10,16H,2-9H2,1H3,(H2,13,14). The van der Waals surface area contributed by atoms with E-state index in [1.807, 2.05) is 0 Å². The second kappa shape index (κ2) is 4.62. The van der Waals surface area contributed by atoms with E-state index in [9.17, 15) is 0 Å². The first kappa shape index (κ1) is 11.7. The highest BCUT2D eigenvalue weighted by Crippen LogP contribution is 2.50. The number of nitrogens with two attached hydrogens (primary N) is 1. The number of amidine groups is 1. The molecule has 0 radical (unpaired) electrons. The van der Waals surface area contributed by atoms with Crippen LogP contribution < -0.4 is 5.73 Å². The third-order valence-corrected chi connectivity index (χ3v) is 3.75. The first-order valence-electron chi connectivity index (χ1n) is 6.39. The average Bonchev–Trinajstić information content (AvgIpc) is 3.12. The number of hydrogen-bond donors (Lipinski definition) is 2. The highest BCUT2D eigenvalue weighted by atomic mass is 16.4. The molecule has 0 heterocycles. The van der Waals surface area contributed by atoms with E-state index in [2.05, 4.69) is 17.0 Å². The van der Waals surface area contributed by atoms with Crippen molar-refractivity contribution < 1.29 is 5.21 Å². The molecular weight excluding hydrogens is 202 g/mol. The molecule has 0 amide bonds. The maximum absolute atomic E-state index is 8.63. The van der Waals surface area contributed by atoms with Crippen LogP contribution in [0.1, 0.15) is 45.4 Å². The molecule has 0 aromatic heterocycles. The maximum Gasteiger partial charge on any atom is 0.139 e. The number of rotatable bonds is 7. The molecule has 0 saturated heterocycles. The molecule has 3 N–H and O–H groups in total. The highest BCUT2D eigenvalue weighted by Gasteiger charge is 2.46. The number of nitrogens with zero attached hydrogens (tertiary/aromatic N) is 2. The van der Waals surface area contributed by atoms with E-state index in [0.717, 1.165) is 19.0 Å². The molecule has 2 aliphatic carbocycles. The zero-order chi connectivity index (χ0) is 11.6. The van der Waals surface area contributed by atoms with Gasteiger partial charge in [-0.3, -0.25) is 4.90 Å². The molecule has 0 aromatic rings. The monoisotopic (exact) mass is 225 g/mol. The minimum absolute atomic E-state index is 0.327. The Kier molecular flexibility index (Phi) is 3.38. The lowest BCUT2D eigenvalue weighted by molar-refractivity contribution is 0.211. The van der Waals surface area contributed by atoms with Gasteiger partial charge in [-0.15, -0.1) is 0 Å². The first-order chi connectivity index (χ1) is 7.69. The lowest BCUT2D eigenvalue weighted by Gasteiger charge is -2.26. The molecule has 4 heteroatoms. The maximum atomic E-state index is 8.63. The summed E-state index contributed by atoms with van der Waals surface area (Å²) in [6, 6.07) is 0.824. The van der Waals surface area contributed by atoms with Crippen LogP contribution in [0.2, 0.25) is 0 Å². The van der Waals surface area contributed by atoms with Crippen molar-refractivity contribution in [3.8, 4) is 0 Å². The van der Waals surface area contributed by atoms with Gasteiger partial charge in [0.1, 0.15) is 5.84 Å². The Bertz CT molecular complexity index is 269. The lowest BCUT2D eigenvalue weighted by Crippen LogP contribution is -2.35. The van der Waals surface area contributed by atoms with E-state index < -0.39 is 0 Å². The minimum atomic E-state index is 0.327. The Hall–Kier alpha value is -0.770. The van der Waals surface area contributed by atoms with Gasteiger partial charge in [-0.2, -0.15) is 0 Å². The fourth-order valence-corrected chi connectivity index (χ4v) is 2.54. The van der Waals surface area contributed by atoms with E-state index in [0.29, 0.717) is 11.3 Å². The Morgan fingerprint density at radius 1 is 1.50 bits per heavy atom. The van der Waals surface area contributed by atoms with Gasteiger partial charge in [0, 0.05) is 19.0 Å². The molecule has 92 valence electrons. The number of hydrogen-bond acceptors (Lipinski definition) is 3. The van der Waals surface area contributed by atoms with Crippen LogP contribution in [0.3, 0.4) is 0 Å². The van der Waals surface area contributed by atoms with Gasteiger partial charge in [0.15, 0.2) is 0 Å². The fraction of sp³-hybridized carbons (Fsp3) is 0.917. The van der Waals surface area contributed by atoms with Crippen molar-refractivity contribution in [1.82, 2.24) is 4.90 Å². The third kappa shape index (κ3) is 2.88. The molecule has 0 unspecified atom stereocenters. The first-order valence-corrected chi connectivity index (χ1v) is 6.39. The summed E-state index contributed by atoms with van der Waals surface area (Å²) in [5.41, 5.74) is 5.95. The van der Waals surface area contributed by atoms with Crippen LogP contribution >= 0.6 is 0 Å². The molecule has 0 spiro atoms. The molecule has 0 atom stereocenters. The van der Waals surface area contributed by atoms with Crippen LogP contribution in [0, 0.1) is 5.41 Å². The lowest BCUT2D eigenvalue weighted by atomic mass is 10.0. The van der Waals surface area contributed by atoms with Crippen LogP contribution in [-0.4, -0.2) is 35.1 Å². The van der Waals surface area contributed by atoms with E-state index in [1.54, 1.807) is 0 Å². The Morgan fingerprint density at radius 2 is 2.19 bits per heavy atom. The molecular formula is C12H23N3O. The normalized spacial score (nSPS) is 23.8. The Morgan fingerprint density at radius 3 is 2.62 bits per heavy atom. The van der Waals surface area contributed by atoms with Crippen molar-refractivity contribution in [2.45, 2.75) is 51.5 Å². The van der Waals surface area contributed by atoms with Crippen molar-refractivity contribution in [2.24, 2.45) is 16.3 Å². The summed E-state index contributed by atoms with van der Waals surface area (Å²) in [5.74, 6) is 0.393. The van der Waals surface area contributed by atoms with E-state index in [-0.39, 0.29) is 0 Å². The summed E-state index contributed by atoms with van der Waals surface area (Å²) in [7, 11) is 0. The van der Waals surface area contributed by atoms with Crippen LogP contribution in [0.4, 0.5) is 0 Å². The largest absolute Gasteiger partial charge is 0.409 e. The summed E-state index contributed by atoms with van der Waals surface area (Å²) < 4.78 is 0. The topological polar surface area (TPSA) is 61.8 Å². The molecule has 4 nitrogen and oxygen atoms in total. The molecule has 0 aromatic carbocycles. The second-order valence-electron chi connectivity index (χ2n) is 5.47. The predicted octanol–water partition coefficient (Wildman–Crippen LogP) is 1.78. The summed E-state index contributed by atoms with van der Waals surface area (Å²) in [6.07, 6.45) is 7.16. The van der Waals surface area contributed by atoms with Crippen LogP contribution in [0.15, 0.2) is 5.16 Å². The van der Waals surface area contributed by atoms with Crippen LogP contribution in [-0.2, 0) is 0 Å². The molecule has 2 fully saturated rings. The van der Waals surface area contributed by atoms with Gasteiger partial charge >= 0.3 is 0 Å². The van der Waals surface area contributed by atoms with Gasteiger partial charge in [0.2, 0.25) is 0 Å². The van der Waals surface area contributed by atoms with Crippen LogP contribution in [0.25, 0.3) is 0 Å². The molecule has 2 aliphatic rings. The molecule has 0 bridgehead atoms.